The highest BCUT2D eigenvalue weighted by atomic mass is 35.5. The molecule has 0 fully saturated rings. The maximum atomic E-state index is 12.8. The van der Waals surface area contributed by atoms with E-state index in [1.165, 1.54) is 0 Å². The summed E-state index contributed by atoms with van der Waals surface area (Å²) in [6, 6.07) is 18.0. The van der Waals surface area contributed by atoms with Crippen molar-refractivity contribution in [2.75, 3.05) is 0 Å². The standard InChI is InChI=1S/C21H13Cl3O3/c22-14-10-8-13(9-11-14)20(25)15-4-1-2-5-16(15)21(26)27-12-17-18(23)6-3-7-19(17)24/h1-11H,12H2. The number of hydrogen-bond donors (Lipinski definition) is 0. The molecule has 27 heavy (non-hydrogen) atoms. The largest absolute Gasteiger partial charge is 0.457 e. The molecule has 3 nitrogen and oxygen atoms in total. The van der Waals surface area contributed by atoms with Crippen molar-refractivity contribution in [2.24, 2.45) is 0 Å². The zero-order valence-electron chi connectivity index (χ0n) is 13.9. The normalized spacial score (nSPS) is 10.5. The Morgan fingerprint density at radius 3 is 1.96 bits per heavy atom. The van der Waals surface area contributed by atoms with E-state index in [4.69, 9.17) is 39.5 Å². The number of halogens is 3. The van der Waals surface area contributed by atoms with Crippen molar-refractivity contribution in [3.63, 3.8) is 0 Å². The van der Waals surface area contributed by atoms with E-state index >= 15 is 0 Å². The number of esters is 1. The Balaban J connectivity index is 1.84. The highest BCUT2D eigenvalue weighted by Crippen LogP contribution is 2.25. The molecule has 3 rings (SSSR count). The molecular formula is C21H13Cl3O3. The first kappa shape index (κ1) is 19.4. The first-order valence-corrected chi connectivity index (χ1v) is 9.10. The number of ether oxygens (including phenoxy) is 1. The number of carbonyl (C=O) groups is 2. The molecule has 136 valence electrons. The highest BCUT2D eigenvalue weighted by molar-refractivity contribution is 6.36. The van der Waals surface area contributed by atoms with Gasteiger partial charge in [0.25, 0.3) is 0 Å². The molecular weight excluding hydrogens is 407 g/mol. The minimum absolute atomic E-state index is 0.0964. The van der Waals surface area contributed by atoms with Gasteiger partial charge in [-0.05, 0) is 42.5 Å². The minimum atomic E-state index is -0.635. The lowest BCUT2D eigenvalue weighted by atomic mass is 9.98. The second-order valence-electron chi connectivity index (χ2n) is 5.66. The van der Waals surface area contributed by atoms with Gasteiger partial charge in [0.1, 0.15) is 6.61 Å². The summed E-state index contributed by atoms with van der Waals surface area (Å²) in [7, 11) is 0. The third kappa shape index (κ3) is 4.51. The molecule has 0 bridgehead atoms. The lowest BCUT2D eigenvalue weighted by molar-refractivity contribution is 0.0470. The molecule has 0 saturated carbocycles. The summed E-state index contributed by atoms with van der Waals surface area (Å²) in [5, 5.41) is 1.33. The zero-order valence-corrected chi connectivity index (χ0v) is 16.2. The Morgan fingerprint density at radius 1 is 0.741 bits per heavy atom. The molecule has 0 saturated heterocycles. The average molecular weight is 420 g/mol. The molecule has 0 heterocycles. The van der Waals surface area contributed by atoms with E-state index in [0.717, 1.165) is 0 Å². The molecule has 3 aromatic rings. The Bertz CT molecular complexity index is 978. The number of benzene rings is 3. The summed E-state index contributed by atoms with van der Waals surface area (Å²) in [6.45, 7) is -0.0964. The van der Waals surface area contributed by atoms with Crippen LogP contribution in [0, 0.1) is 0 Å². The fourth-order valence-corrected chi connectivity index (χ4v) is 3.13. The van der Waals surface area contributed by atoms with Gasteiger partial charge in [0.15, 0.2) is 5.78 Å². The van der Waals surface area contributed by atoms with E-state index in [1.807, 2.05) is 0 Å². The van der Waals surface area contributed by atoms with Gasteiger partial charge < -0.3 is 4.74 Å². The number of ketones is 1. The third-order valence-electron chi connectivity index (χ3n) is 3.91. The summed E-state index contributed by atoms with van der Waals surface area (Å²) in [5.41, 5.74) is 1.35. The molecule has 0 atom stereocenters. The smallest absolute Gasteiger partial charge is 0.339 e. The van der Waals surface area contributed by atoms with Crippen molar-refractivity contribution in [1.82, 2.24) is 0 Å². The van der Waals surface area contributed by atoms with Gasteiger partial charge in [-0.25, -0.2) is 4.79 Å². The van der Waals surface area contributed by atoms with Crippen molar-refractivity contribution >= 4 is 46.6 Å². The van der Waals surface area contributed by atoms with Gasteiger partial charge in [-0.2, -0.15) is 0 Å². The molecule has 0 radical (unpaired) electrons. The number of hydrogen-bond acceptors (Lipinski definition) is 3. The van der Waals surface area contributed by atoms with Crippen molar-refractivity contribution in [3.8, 4) is 0 Å². The molecule has 0 N–H and O–H groups in total. The monoisotopic (exact) mass is 418 g/mol. The summed E-state index contributed by atoms with van der Waals surface area (Å²) in [5.74, 6) is -0.932. The molecule has 0 unspecified atom stereocenters. The zero-order chi connectivity index (χ0) is 19.4. The molecule has 0 spiro atoms. The molecule has 0 aromatic heterocycles. The van der Waals surface area contributed by atoms with Gasteiger partial charge in [0.05, 0.1) is 5.56 Å². The van der Waals surface area contributed by atoms with Crippen molar-refractivity contribution in [1.29, 1.82) is 0 Å². The van der Waals surface area contributed by atoms with E-state index < -0.39 is 5.97 Å². The van der Waals surface area contributed by atoms with Crippen LogP contribution in [0.1, 0.15) is 31.8 Å². The van der Waals surface area contributed by atoms with Crippen LogP contribution < -0.4 is 0 Å². The summed E-state index contributed by atoms with van der Waals surface area (Å²) >= 11 is 18.0. The van der Waals surface area contributed by atoms with Crippen LogP contribution in [-0.2, 0) is 11.3 Å². The van der Waals surface area contributed by atoms with Crippen LogP contribution in [0.2, 0.25) is 15.1 Å². The van der Waals surface area contributed by atoms with E-state index in [1.54, 1.807) is 66.7 Å². The number of rotatable bonds is 5. The summed E-state index contributed by atoms with van der Waals surface area (Å²) < 4.78 is 5.34. The van der Waals surface area contributed by atoms with Crippen LogP contribution in [0.15, 0.2) is 66.7 Å². The van der Waals surface area contributed by atoms with Crippen LogP contribution in [0.4, 0.5) is 0 Å². The van der Waals surface area contributed by atoms with Gasteiger partial charge >= 0.3 is 5.97 Å². The fraction of sp³-hybridized carbons (Fsp3) is 0.0476. The van der Waals surface area contributed by atoms with E-state index in [0.29, 0.717) is 26.2 Å². The van der Waals surface area contributed by atoms with Gasteiger partial charge in [0, 0.05) is 31.8 Å². The maximum Gasteiger partial charge on any atom is 0.339 e. The molecule has 0 aliphatic carbocycles. The van der Waals surface area contributed by atoms with Gasteiger partial charge in [-0.3, -0.25) is 4.79 Å². The SMILES string of the molecule is O=C(OCc1c(Cl)cccc1Cl)c1ccccc1C(=O)c1ccc(Cl)cc1. The molecule has 0 aliphatic rings. The Morgan fingerprint density at radius 2 is 1.33 bits per heavy atom. The number of carbonyl (C=O) groups excluding carboxylic acids is 2. The van der Waals surface area contributed by atoms with Gasteiger partial charge in [0.2, 0.25) is 0 Å². The van der Waals surface area contributed by atoms with Gasteiger partial charge in [-0.15, -0.1) is 0 Å². The van der Waals surface area contributed by atoms with Crippen LogP contribution >= 0.6 is 34.8 Å². The predicted molar refractivity (Wildman–Crippen MR) is 107 cm³/mol. The van der Waals surface area contributed by atoms with Crippen molar-refractivity contribution in [3.05, 3.63) is 104 Å². The molecule has 3 aromatic carbocycles. The predicted octanol–water partition coefficient (Wildman–Crippen LogP) is 6.23. The Labute approximate surface area is 171 Å². The molecule has 6 heteroatoms. The highest BCUT2D eigenvalue weighted by Gasteiger charge is 2.20. The fourth-order valence-electron chi connectivity index (χ4n) is 2.50. The Kier molecular flexibility index (Phi) is 6.17. The average Bonchev–Trinajstić information content (AvgIpc) is 2.67. The molecule has 0 aliphatic heterocycles. The third-order valence-corrected chi connectivity index (χ3v) is 4.87. The second kappa shape index (κ2) is 8.57. The van der Waals surface area contributed by atoms with Crippen LogP contribution in [0.3, 0.4) is 0 Å². The summed E-state index contributed by atoms with van der Waals surface area (Å²) in [4.78, 5) is 25.3. The minimum Gasteiger partial charge on any atom is -0.457 e. The topological polar surface area (TPSA) is 43.4 Å². The van der Waals surface area contributed by atoms with Crippen LogP contribution in [0.5, 0.6) is 0 Å². The van der Waals surface area contributed by atoms with Gasteiger partial charge in [-0.1, -0.05) is 59.1 Å². The van der Waals surface area contributed by atoms with Crippen LogP contribution in [0.25, 0.3) is 0 Å². The van der Waals surface area contributed by atoms with E-state index in [2.05, 4.69) is 0 Å². The quantitative estimate of drug-likeness (QED) is 0.363. The Hall–Kier alpha value is -2.33. The summed E-state index contributed by atoms with van der Waals surface area (Å²) in [6.07, 6.45) is 0. The first-order chi connectivity index (χ1) is 13.0. The van der Waals surface area contributed by atoms with E-state index in [9.17, 15) is 9.59 Å². The van der Waals surface area contributed by atoms with Crippen molar-refractivity contribution < 1.29 is 14.3 Å². The lowest BCUT2D eigenvalue weighted by Crippen LogP contribution is -2.13. The molecule has 0 amide bonds. The lowest BCUT2D eigenvalue weighted by Gasteiger charge is -2.11. The van der Waals surface area contributed by atoms with E-state index in [-0.39, 0.29) is 23.5 Å². The maximum absolute atomic E-state index is 12.8. The first-order valence-electron chi connectivity index (χ1n) is 7.96. The van der Waals surface area contributed by atoms with Crippen LogP contribution in [-0.4, -0.2) is 11.8 Å². The van der Waals surface area contributed by atoms with Crippen molar-refractivity contribution in [2.45, 2.75) is 6.61 Å². The second-order valence-corrected chi connectivity index (χ2v) is 6.91.